The van der Waals surface area contributed by atoms with Crippen molar-refractivity contribution in [2.24, 2.45) is 5.92 Å². The molecule has 0 aliphatic heterocycles. The minimum Gasteiger partial charge on any atom is -0.370 e. The van der Waals surface area contributed by atoms with Gasteiger partial charge in [-0.25, -0.2) is 4.39 Å². The van der Waals surface area contributed by atoms with Crippen LogP contribution in [0.3, 0.4) is 0 Å². The average Bonchev–Trinajstić information content (AvgIpc) is 2.82. The second kappa shape index (κ2) is 4.98. The topological polar surface area (TPSA) is 35.8 Å². The predicted octanol–water partition coefficient (Wildman–Crippen LogP) is 3.32. The number of nitrogens with zero attached hydrogens (tertiary/aromatic N) is 1. The van der Waals surface area contributed by atoms with Gasteiger partial charge in [0.05, 0.1) is 6.07 Å². The molecule has 0 bridgehead atoms. The van der Waals surface area contributed by atoms with Gasteiger partial charge in [-0.3, -0.25) is 0 Å². The van der Waals surface area contributed by atoms with Crippen LogP contribution in [0.25, 0.3) is 0 Å². The molecule has 16 heavy (non-hydrogen) atoms. The van der Waals surface area contributed by atoms with E-state index < -0.39 is 0 Å². The Morgan fingerprint density at radius 1 is 1.25 bits per heavy atom. The van der Waals surface area contributed by atoms with Crippen molar-refractivity contribution in [3.8, 4) is 6.07 Å². The molecule has 1 fully saturated rings. The third-order valence-electron chi connectivity index (χ3n) is 3.18. The molecule has 0 radical (unpaired) electrons. The zero-order valence-electron chi connectivity index (χ0n) is 9.12. The van der Waals surface area contributed by atoms with Gasteiger partial charge in [-0.05, 0) is 43.0 Å². The first-order valence-corrected chi connectivity index (χ1v) is 5.71. The summed E-state index contributed by atoms with van der Waals surface area (Å²) < 4.78 is 12.7. The molecular formula is C13H15FN2. The van der Waals surface area contributed by atoms with Gasteiger partial charge in [-0.15, -0.1) is 0 Å². The fraction of sp³-hybridized carbons (Fsp3) is 0.462. The number of nitriles is 1. The molecule has 0 heterocycles. The van der Waals surface area contributed by atoms with Crippen LogP contribution in [0.5, 0.6) is 0 Å². The lowest BCUT2D eigenvalue weighted by atomic mass is 9.99. The molecule has 1 aliphatic carbocycles. The Balaban J connectivity index is 2.01. The highest BCUT2D eigenvalue weighted by molar-refractivity contribution is 5.45. The Morgan fingerprint density at radius 3 is 2.44 bits per heavy atom. The van der Waals surface area contributed by atoms with E-state index in [1.165, 1.54) is 25.0 Å². The van der Waals surface area contributed by atoms with Gasteiger partial charge in [0.15, 0.2) is 0 Å². The van der Waals surface area contributed by atoms with Crippen LogP contribution in [-0.2, 0) is 0 Å². The molecule has 0 spiro atoms. The summed E-state index contributed by atoms with van der Waals surface area (Å²) in [6.07, 6.45) is 4.67. The van der Waals surface area contributed by atoms with E-state index in [1.54, 1.807) is 12.1 Å². The molecule has 1 atom stereocenters. The van der Waals surface area contributed by atoms with E-state index in [-0.39, 0.29) is 11.9 Å². The van der Waals surface area contributed by atoms with Crippen molar-refractivity contribution >= 4 is 5.69 Å². The molecule has 1 aliphatic rings. The normalized spacial score (nSPS) is 18.0. The fourth-order valence-electron chi connectivity index (χ4n) is 2.27. The largest absolute Gasteiger partial charge is 0.370 e. The smallest absolute Gasteiger partial charge is 0.123 e. The maximum absolute atomic E-state index is 12.7. The molecule has 0 amide bonds. The highest BCUT2D eigenvalue weighted by Gasteiger charge is 2.24. The summed E-state index contributed by atoms with van der Waals surface area (Å²) >= 11 is 0. The number of hydrogen-bond donors (Lipinski definition) is 1. The number of hydrogen-bond acceptors (Lipinski definition) is 2. The van der Waals surface area contributed by atoms with E-state index in [1.807, 2.05) is 0 Å². The van der Waals surface area contributed by atoms with Crippen molar-refractivity contribution < 1.29 is 4.39 Å². The van der Waals surface area contributed by atoms with E-state index in [0.29, 0.717) is 5.92 Å². The van der Waals surface area contributed by atoms with Crippen molar-refractivity contribution in [1.82, 2.24) is 0 Å². The molecule has 1 N–H and O–H groups in total. The Bertz CT molecular complexity index is 374. The van der Waals surface area contributed by atoms with Crippen LogP contribution in [-0.4, -0.2) is 6.04 Å². The third kappa shape index (κ3) is 2.52. The molecule has 1 aromatic carbocycles. The lowest BCUT2D eigenvalue weighted by Crippen LogP contribution is -2.25. The van der Waals surface area contributed by atoms with Crippen LogP contribution < -0.4 is 5.32 Å². The highest BCUT2D eigenvalue weighted by atomic mass is 19.1. The lowest BCUT2D eigenvalue weighted by Gasteiger charge is -2.18. The fourth-order valence-corrected chi connectivity index (χ4v) is 2.27. The van der Waals surface area contributed by atoms with Gasteiger partial charge in [-0.1, -0.05) is 12.8 Å². The van der Waals surface area contributed by atoms with E-state index in [2.05, 4.69) is 11.4 Å². The van der Waals surface area contributed by atoms with Crippen LogP contribution in [0, 0.1) is 23.1 Å². The summed E-state index contributed by atoms with van der Waals surface area (Å²) in [5.74, 6) is 0.190. The molecule has 84 valence electrons. The van der Waals surface area contributed by atoms with Gasteiger partial charge >= 0.3 is 0 Å². The van der Waals surface area contributed by atoms with Crippen LogP contribution in [0.15, 0.2) is 24.3 Å². The van der Waals surface area contributed by atoms with E-state index in [4.69, 9.17) is 5.26 Å². The van der Waals surface area contributed by atoms with E-state index in [0.717, 1.165) is 18.5 Å². The molecule has 1 saturated carbocycles. The second-order valence-corrected chi connectivity index (χ2v) is 4.30. The van der Waals surface area contributed by atoms with Crippen LogP contribution in [0.1, 0.15) is 25.7 Å². The van der Waals surface area contributed by atoms with Crippen molar-refractivity contribution in [3.05, 3.63) is 30.1 Å². The zero-order valence-corrected chi connectivity index (χ0v) is 9.12. The standard InChI is InChI=1S/C13H15FN2/c14-11-5-7-12(8-6-11)16-13(9-15)10-3-1-2-4-10/h5-8,10,13,16H,1-4H2. The number of rotatable bonds is 3. The van der Waals surface area contributed by atoms with Crippen molar-refractivity contribution in [1.29, 1.82) is 5.26 Å². The highest BCUT2D eigenvalue weighted by Crippen LogP contribution is 2.29. The van der Waals surface area contributed by atoms with Gasteiger partial charge < -0.3 is 5.32 Å². The van der Waals surface area contributed by atoms with Crippen LogP contribution in [0.2, 0.25) is 0 Å². The van der Waals surface area contributed by atoms with Crippen LogP contribution >= 0.6 is 0 Å². The monoisotopic (exact) mass is 218 g/mol. The summed E-state index contributed by atoms with van der Waals surface area (Å²) in [6.45, 7) is 0. The first kappa shape index (κ1) is 10.9. The molecular weight excluding hydrogens is 203 g/mol. The number of benzene rings is 1. The maximum atomic E-state index is 12.7. The number of nitrogens with one attached hydrogen (secondary N) is 1. The molecule has 1 unspecified atom stereocenters. The van der Waals surface area contributed by atoms with Crippen molar-refractivity contribution in [2.45, 2.75) is 31.7 Å². The van der Waals surface area contributed by atoms with E-state index >= 15 is 0 Å². The first-order chi connectivity index (χ1) is 7.79. The van der Waals surface area contributed by atoms with Gasteiger partial charge in [0.1, 0.15) is 11.9 Å². The van der Waals surface area contributed by atoms with Gasteiger partial charge in [0.2, 0.25) is 0 Å². The summed E-state index contributed by atoms with van der Waals surface area (Å²) in [7, 11) is 0. The molecule has 0 aromatic heterocycles. The summed E-state index contributed by atoms with van der Waals surface area (Å²) in [5, 5.41) is 12.3. The van der Waals surface area contributed by atoms with Crippen molar-refractivity contribution in [3.63, 3.8) is 0 Å². The Labute approximate surface area is 95.1 Å². The molecule has 0 saturated heterocycles. The quantitative estimate of drug-likeness (QED) is 0.844. The summed E-state index contributed by atoms with van der Waals surface area (Å²) in [6, 6.07) is 8.32. The summed E-state index contributed by atoms with van der Waals surface area (Å²) in [4.78, 5) is 0. The second-order valence-electron chi connectivity index (χ2n) is 4.30. The van der Waals surface area contributed by atoms with Gasteiger partial charge in [0.25, 0.3) is 0 Å². The average molecular weight is 218 g/mol. The Hall–Kier alpha value is -1.56. The first-order valence-electron chi connectivity index (χ1n) is 5.71. The summed E-state index contributed by atoms with van der Waals surface area (Å²) in [5.41, 5.74) is 0.819. The molecule has 1 aromatic rings. The van der Waals surface area contributed by atoms with Gasteiger partial charge in [0, 0.05) is 5.69 Å². The third-order valence-corrected chi connectivity index (χ3v) is 3.18. The lowest BCUT2D eigenvalue weighted by molar-refractivity contribution is 0.519. The predicted molar refractivity (Wildman–Crippen MR) is 61.4 cm³/mol. The SMILES string of the molecule is N#CC(Nc1ccc(F)cc1)C1CCCC1. The molecule has 2 nitrogen and oxygen atoms in total. The maximum Gasteiger partial charge on any atom is 0.123 e. The van der Waals surface area contributed by atoms with E-state index in [9.17, 15) is 4.39 Å². The van der Waals surface area contributed by atoms with Gasteiger partial charge in [-0.2, -0.15) is 5.26 Å². The minimum atomic E-state index is -0.250. The number of halogens is 1. The Morgan fingerprint density at radius 2 is 1.88 bits per heavy atom. The molecule has 2 rings (SSSR count). The Kier molecular flexibility index (Phi) is 3.40. The minimum absolute atomic E-state index is 0.145. The van der Waals surface area contributed by atoms with Crippen molar-refractivity contribution in [2.75, 3.05) is 5.32 Å². The molecule has 3 heteroatoms. The van der Waals surface area contributed by atoms with Crippen LogP contribution in [0.4, 0.5) is 10.1 Å². The zero-order chi connectivity index (χ0) is 11.4. The number of anilines is 1.